The quantitative estimate of drug-likeness (QED) is 0.753. The van der Waals surface area contributed by atoms with Gasteiger partial charge in [-0.3, -0.25) is 4.79 Å². The number of hydrogen-bond donors (Lipinski definition) is 2. The van der Waals surface area contributed by atoms with Gasteiger partial charge in [-0.05, 0) is 25.2 Å². The molecule has 1 amide bonds. The maximum absolute atomic E-state index is 11.7. The summed E-state index contributed by atoms with van der Waals surface area (Å²) in [5.41, 5.74) is 0. The van der Waals surface area contributed by atoms with Crippen LogP contribution < -0.4 is 5.32 Å². The molecule has 1 aromatic rings. The van der Waals surface area contributed by atoms with Crippen molar-refractivity contribution in [2.45, 2.75) is 57.9 Å². The molecule has 116 valence electrons. The molecule has 1 heterocycles. The van der Waals surface area contributed by atoms with Crippen molar-refractivity contribution >= 4 is 11.9 Å². The molecule has 1 aromatic heterocycles. The molecule has 0 aromatic carbocycles. The molecule has 7 heteroatoms. The molecule has 7 nitrogen and oxygen atoms in total. The largest absolute Gasteiger partial charge is 0.480 e. The molecular formula is C14H21N3O4. The normalized spacial score (nSPS) is 16.0. The van der Waals surface area contributed by atoms with Crippen molar-refractivity contribution in [1.29, 1.82) is 0 Å². The molecular weight excluding hydrogens is 274 g/mol. The minimum Gasteiger partial charge on any atom is -0.480 e. The van der Waals surface area contributed by atoms with Crippen LogP contribution in [0.1, 0.15) is 57.2 Å². The number of rotatable bonds is 8. The van der Waals surface area contributed by atoms with E-state index in [0.29, 0.717) is 24.7 Å². The monoisotopic (exact) mass is 295 g/mol. The van der Waals surface area contributed by atoms with Gasteiger partial charge in [-0.1, -0.05) is 19.0 Å². The Labute approximate surface area is 123 Å². The summed E-state index contributed by atoms with van der Waals surface area (Å²) in [4.78, 5) is 27.0. The van der Waals surface area contributed by atoms with Crippen LogP contribution in [0.4, 0.5) is 0 Å². The molecule has 0 spiro atoms. The van der Waals surface area contributed by atoms with E-state index in [0.717, 1.165) is 18.7 Å². The van der Waals surface area contributed by atoms with Gasteiger partial charge < -0.3 is 14.9 Å². The van der Waals surface area contributed by atoms with Crippen LogP contribution in [-0.2, 0) is 16.0 Å². The Morgan fingerprint density at radius 3 is 2.71 bits per heavy atom. The van der Waals surface area contributed by atoms with Gasteiger partial charge in [-0.15, -0.1) is 0 Å². The zero-order chi connectivity index (χ0) is 15.4. The van der Waals surface area contributed by atoms with Gasteiger partial charge in [0.2, 0.25) is 11.8 Å². The van der Waals surface area contributed by atoms with Crippen LogP contribution in [-0.4, -0.2) is 33.2 Å². The van der Waals surface area contributed by atoms with Crippen LogP contribution in [0.5, 0.6) is 0 Å². The van der Waals surface area contributed by atoms with E-state index in [2.05, 4.69) is 15.5 Å². The number of aliphatic carboxylic acids is 1. The Hall–Kier alpha value is -1.92. The lowest BCUT2D eigenvalue weighted by atomic mass is 10.0. The van der Waals surface area contributed by atoms with Crippen LogP contribution in [0, 0.1) is 5.92 Å². The third-order valence-corrected chi connectivity index (χ3v) is 3.47. The van der Waals surface area contributed by atoms with Crippen molar-refractivity contribution in [1.82, 2.24) is 15.5 Å². The van der Waals surface area contributed by atoms with Crippen LogP contribution in [0.2, 0.25) is 0 Å². The second kappa shape index (κ2) is 6.69. The Balaban J connectivity index is 1.71. The fourth-order valence-corrected chi connectivity index (χ4v) is 2.04. The summed E-state index contributed by atoms with van der Waals surface area (Å²) < 4.78 is 5.12. The van der Waals surface area contributed by atoms with Crippen LogP contribution in [0.3, 0.4) is 0 Å². The van der Waals surface area contributed by atoms with E-state index in [1.54, 1.807) is 13.8 Å². The fraction of sp³-hybridized carbons (Fsp3) is 0.714. The second-order valence-electron chi connectivity index (χ2n) is 5.80. The molecule has 0 radical (unpaired) electrons. The number of carboxylic acids is 1. The number of carbonyl (C=O) groups excluding carboxylic acids is 1. The van der Waals surface area contributed by atoms with Crippen molar-refractivity contribution in [2.24, 2.45) is 5.92 Å². The van der Waals surface area contributed by atoms with E-state index in [9.17, 15) is 9.59 Å². The molecule has 2 N–H and O–H groups in total. The van der Waals surface area contributed by atoms with Gasteiger partial charge in [0, 0.05) is 18.8 Å². The average molecular weight is 295 g/mol. The predicted molar refractivity (Wildman–Crippen MR) is 73.6 cm³/mol. The first kappa shape index (κ1) is 15.5. The fourth-order valence-electron chi connectivity index (χ4n) is 2.04. The minimum absolute atomic E-state index is 0.150. The van der Waals surface area contributed by atoms with Gasteiger partial charge in [-0.2, -0.15) is 4.98 Å². The predicted octanol–water partition coefficient (Wildman–Crippen LogP) is 1.50. The van der Waals surface area contributed by atoms with E-state index in [1.807, 2.05) is 0 Å². The highest BCUT2D eigenvalue weighted by Gasteiger charge is 2.28. The number of nitrogens with zero attached hydrogens (tertiary/aromatic N) is 2. The van der Waals surface area contributed by atoms with E-state index >= 15 is 0 Å². The van der Waals surface area contributed by atoms with Crippen molar-refractivity contribution < 1.29 is 19.2 Å². The Morgan fingerprint density at radius 1 is 1.43 bits per heavy atom. The van der Waals surface area contributed by atoms with E-state index < -0.39 is 12.0 Å². The van der Waals surface area contributed by atoms with Gasteiger partial charge in [0.25, 0.3) is 0 Å². The molecule has 1 atom stereocenters. The molecule has 1 saturated carbocycles. The molecule has 2 rings (SSSR count). The van der Waals surface area contributed by atoms with Gasteiger partial charge in [-0.25, -0.2) is 4.79 Å². The first-order chi connectivity index (χ1) is 9.97. The molecule has 0 aliphatic heterocycles. The van der Waals surface area contributed by atoms with E-state index in [1.165, 1.54) is 0 Å². The highest BCUT2D eigenvalue weighted by Crippen LogP contribution is 2.38. The molecule has 1 aliphatic carbocycles. The highest BCUT2D eigenvalue weighted by atomic mass is 16.5. The third-order valence-electron chi connectivity index (χ3n) is 3.47. The van der Waals surface area contributed by atoms with Crippen molar-refractivity contribution in [2.75, 3.05) is 0 Å². The van der Waals surface area contributed by atoms with Crippen molar-refractivity contribution in [3.05, 3.63) is 11.7 Å². The molecule has 0 unspecified atom stereocenters. The molecule has 0 bridgehead atoms. The maximum Gasteiger partial charge on any atom is 0.326 e. The number of nitrogens with one attached hydrogen (secondary N) is 1. The van der Waals surface area contributed by atoms with Crippen molar-refractivity contribution in [3.8, 4) is 0 Å². The number of aromatic nitrogens is 2. The number of carboxylic acid groups (broad SMARTS) is 1. The van der Waals surface area contributed by atoms with Gasteiger partial charge in [0.15, 0.2) is 5.82 Å². The summed E-state index contributed by atoms with van der Waals surface area (Å²) in [5.74, 6) is 0.336. The van der Waals surface area contributed by atoms with E-state index in [4.69, 9.17) is 9.63 Å². The summed E-state index contributed by atoms with van der Waals surface area (Å²) in [6, 6.07) is -0.845. The molecule has 1 fully saturated rings. The summed E-state index contributed by atoms with van der Waals surface area (Å²) >= 11 is 0. The topological polar surface area (TPSA) is 105 Å². The SMILES string of the molecule is CC(C)[C@@H](NC(=O)CCCc1nc(C2CC2)no1)C(=O)O. The van der Waals surface area contributed by atoms with Crippen molar-refractivity contribution in [3.63, 3.8) is 0 Å². The third kappa shape index (κ3) is 4.54. The zero-order valence-corrected chi connectivity index (χ0v) is 12.3. The van der Waals surface area contributed by atoms with Crippen LogP contribution in [0.15, 0.2) is 4.52 Å². The summed E-state index contributed by atoms with van der Waals surface area (Å²) in [6.45, 7) is 3.52. The number of aryl methyl sites for hydroxylation is 1. The second-order valence-corrected chi connectivity index (χ2v) is 5.80. The molecule has 21 heavy (non-hydrogen) atoms. The number of hydrogen-bond acceptors (Lipinski definition) is 5. The molecule has 0 saturated heterocycles. The lowest BCUT2D eigenvalue weighted by molar-refractivity contribution is -0.143. The van der Waals surface area contributed by atoms with Crippen LogP contribution >= 0.6 is 0 Å². The number of carbonyl (C=O) groups is 2. The van der Waals surface area contributed by atoms with Gasteiger partial charge in [0.05, 0.1) is 0 Å². The highest BCUT2D eigenvalue weighted by molar-refractivity contribution is 5.83. The Kier molecular flexibility index (Phi) is 4.93. The standard InChI is InChI=1S/C14H21N3O4/c1-8(2)12(14(19)20)15-10(18)4-3-5-11-16-13(17-21-11)9-6-7-9/h8-9,12H,3-7H2,1-2H3,(H,15,18)(H,19,20)/t12-/m1/s1. The summed E-state index contributed by atoms with van der Waals surface area (Å²) in [5, 5.41) is 15.4. The Bertz CT molecular complexity index is 508. The Morgan fingerprint density at radius 2 is 2.14 bits per heavy atom. The maximum atomic E-state index is 11.7. The first-order valence-electron chi connectivity index (χ1n) is 7.32. The number of amides is 1. The smallest absolute Gasteiger partial charge is 0.326 e. The van der Waals surface area contributed by atoms with Crippen LogP contribution in [0.25, 0.3) is 0 Å². The summed E-state index contributed by atoms with van der Waals surface area (Å²) in [6.07, 6.45) is 3.58. The average Bonchev–Trinajstić information content (AvgIpc) is 3.16. The summed E-state index contributed by atoms with van der Waals surface area (Å²) in [7, 11) is 0. The zero-order valence-electron chi connectivity index (χ0n) is 12.3. The van der Waals surface area contributed by atoms with Gasteiger partial charge >= 0.3 is 5.97 Å². The van der Waals surface area contributed by atoms with Gasteiger partial charge in [0.1, 0.15) is 6.04 Å². The lowest BCUT2D eigenvalue weighted by Crippen LogP contribution is -2.44. The molecule has 1 aliphatic rings. The van der Waals surface area contributed by atoms with E-state index in [-0.39, 0.29) is 18.2 Å². The first-order valence-corrected chi connectivity index (χ1v) is 7.32. The minimum atomic E-state index is -1.01. The lowest BCUT2D eigenvalue weighted by Gasteiger charge is -2.17.